The number of nitrogen functional groups attached to an aromatic ring is 1. The summed E-state index contributed by atoms with van der Waals surface area (Å²) < 4.78 is 14.1. The van der Waals surface area contributed by atoms with Crippen molar-refractivity contribution in [2.75, 3.05) is 17.7 Å². The Morgan fingerprint density at radius 3 is 2.70 bits per heavy atom. The fourth-order valence-electron chi connectivity index (χ4n) is 3.01. The molecule has 2 rings (SSSR count). The smallest absolute Gasteiger partial charge is 0.250 e. The minimum atomic E-state index is -0.630. The molecule has 2 atom stereocenters. The highest BCUT2D eigenvalue weighted by atomic mass is 19.1. The number of rotatable bonds is 3. The molecule has 4 nitrogen and oxygen atoms in total. The van der Waals surface area contributed by atoms with Crippen molar-refractivity contribution in [3.8, 4) is 0 Å². The molecular weight excluding hydrogens is 257 g/mol. The van der Waals surface area contributed by atoms with Gasteiger partial charge in [-0.3, -0.25) is 4.79 Å². The van der Waals surface area contributed by atoms with E-state index in [1.807, 2.05) is 11.9 Å². The molecule has 1 aliphatic rings. The van der Waals surface area contributed by atoms with E-state index < -0.39 is 11.7 Å². The van der Waals surface area contributed by atoms with Crippen LogP contribution in [0, 0.1) is 11.7 Å². The third-order valence-corrected chi connectivity index (χ3v) is 4.22. The summed E-state index contributed by atoms with van der Waals surface area (Å²) in [4.78, 5) is 13.3. The van der Waals surface area contributed by atoms with E-state index in [-0.39, 0.29) is 17.3 Å². The molecule has 0 saturated heterocycles. The van der Waals surface area contributed by atoms with Crippen molar-refractivity contribution in [3.63, 3.8) is 0 Å². The zero-order valence-electron chi connectivity index (χ0n) is 12.0. The summed E-state index contributed by atoms with van der Waals surface area (Å²) in [5.41, 5.74) is 11.6. The second-order valence-electron chi connectivity index (χ2n) is 5.79. The maximum Gasteiger partial charge on any atom is 0.250 e. The highest BCUT2D eigenvalue weighted by molar-refractivity contribution is 5.99. The van der Waals surface area contributed by atoms with Crippen molar-refractivity contribution >= 4 is 17.3 Å². The molecule has 5 heteroatoms. The molecule has 0 radical (unpaired) electrons. The Balaban J connectivity index is 2.31. The van der Waals surface area contributed by atoms with Crippen molar-refractivity contribution in [1.29, 1.82) is 0 Å². The number of anilines is 2. The first kappa shape index (κ1) is 14.6. The van der Waals surface area contributed by atoms with Crippen LogP contribution in [0.15, 0.2) is 12.1 Å². The first-order chi connectivity index (χ1) is 9.40. The lowest BCUT2D eigenvalue weighted by Gasteiger charge is -2.36. The summed E-state index contributed by atoms with van der Waals surface area (Å²) >= 11 is 0. The number of benzene rings is 1. The van der Waals surface area contributed by atoms with Gasteiger partial charge in [-0.2, -0.15) is 0 Å². The van der Waals surface area contributed by atoms with Gasteiger partial charge in [0.25, 0.3) is 5.91 Å². The number of hydrogen-bond donors (Lipinski definition) is 2. The largest absolute Gasteiger partial charge is 0.398 e. The predicted molar refractivity (Wildman–Crippen MR) is 79.2 cm³/mol. The lowest BCUT2D eigenvalue weighted by atomic mass is 9.86. The van der Waals surface area contributed by atoms with E-state index in [1.165, 1.54) is 18.6 Å². The van der Waals surface area contributed by atoms with Crippen LogP contribution < -0.4 is 16.4 Å². The summed E-state index contributed by atoms with van der Waals surface area (Å²) in [6.45, 7) is 2.22. The molecule has 1 aromatic rings. The topological polar surface area (TPSA) is 72.3 Å². The van der Waals surface area contributed by atoms with Gasteiger partial charge in [-0.05, 0) is 30.9 Å². The first-order valence-electron chi connectivity index (χ1n) is 7.01. The van der Waals surface area contributed by atoms with Crippen LogP contribution in [0.1, 0.15) is 43.0 Å². The number of carbonyl (C=O) groups is 1. The minimum absolute atomic E-state index is 0.0872. The number of halogens is 1. The Kier molecular flexibility index (Phi) is 4.16. The highest BCUT2D eigenvalue weighted by Crippen LogP contribution is 2.32. The van der Waals surface area contributed by atoms with Gasteiger partial charge in [0, 0.05) is 18.8 Å². The van der Waals surface area contributed by atoms with Crippen LogP contribution in [0.5, 0.6) is 0 Å². The van der Waals surface area contributed by atoms with E-state index in [4.69, 9.17) is 11.5 Å². The van der Waals surface area contributed by atoms with E-state index in [2.05, 4.69) is 6.92 Å². The molecule has 0 bridgehead atoms. The molecule has 1 aromatic carbocycles. The molecule has 0 aliphatic heterocycles. The van der Waals surface area contributed by atoms with Crippen LogP contribution in [0.4, 0.5) is 15.8 Å². The summed E-state index contributed by atoms with van der Waals surface area (Å²) in [7, 11) is 1.86. The Bertz CT molecular complexity index is 518. The van der Waals surface area contributed by atoms with Gasteiger partial charge in [0.15, 0.2) is 0 Å². The summed E-state index contributed by atoms with van der Waals surface area (Å²) in [6.07, 6.45) is 4.44. The Morgan fingerprint density at radius 1 is 1.40 bits per heavy atom. The molecule has 20 heavy (non-hydrogen) atoms. The van der Waals surface area contributed by atoms with Gasteiger partial charge in [0.2, 0.25) is 0 Å². The van der Waals surface area contributed by atoms with Crippen molar-refractivity contribution in [2.24, 2.45) is 11.7 Å². The lowest BCUT2D eigenvalue weighted by Crippen LogP contribution is -2.36. The maximum absolute atomic E-state index is 14.1. The summed E-state index contributed by atoms with van der Waals surface area (Å²) in [5, 5.41) is 0. The second kappa shape index (κ2) is 5.69. The third-order valence-electron chi connectivity index (χ3n) is 4.22. The van der Waals surface area contributed by atoms with Crippen LogP contribution in [0.25, 0.3) is 0 Å². The number of carbonyl (C=O) groups excluding carboxylic acids is 1. The monoisotopic (exact) mass is 279 g/mol. The van der Waals surface area contributed by atoms with Crippen molar-refractivity contribution in [1.82, 2.24) is 0 Å². The molecule has 0 aromatic heterocycles. The Labute approximate surface area is 118 Å². The summed E-state index contributed by atoms with van der Waals surface area (Å²) in [5.74, 6) is -0.397. The van der Waals surface area contributed by atoms with Gasteiger partial charge in [-0.15, -0.1) is 0 Å². The molecule has 110 valence electrons. The second-order valence-corrected chi connectivity index (χ2v) is 5.79. The minimum Gasteiger partial charge on any atom is -0.398 e. The number of amides is 1. The molecule has 2 unspecified atom stereocenters. The third kappa shape index (κ3) is 2.86. The van der Waals surface area contributed by atoms with Gasteiger partial charge in [-0.1, -0.05) is 19.8 Å². The van der Waals surface area contributed by atoms with Crippen LogP contribution in [0.2, 0.25) is 0 Å². The van der Waals surface area contributed by atoms with E-state index >= 15 is 0 Å². The van der Waals surface area contributed by atoms with Crippen molar-refractivity contribution in [3.05, 3.63) is 23.5 Å². The first-order valence-corrected chi connectivity index (χ1v) is 7.01. The molecule has 1 amide bonds. The van der Waals surface area contributed by atoms with E-state index in [0.29, 0.717) is 11.6 Å². The molecule has 1 fully saturated rings. The number of nitrogens with zero attached hydrogens (tertiary/aromatic N) is 1. The quantitative estimate of drug-likeness (QED) is 0.835. The Hall–Kier alpha value is -1.78. The van der Waals surface area contributed by atoms with Crippen LogP contribution in [-0.4, -0.2) is 19.0 Å². The normalized spacial score (nSPS) is 22.6. The van der Waals surface area contributed by atoms with E-state index in [0.717, 1.165) is 19.3 Å². The van der Waals surface area contributed by atoms with Gasteiger partial charge < -0.3 is 16.4 Å². The molecule has 1 saturated carbocycles. The summed E-state index contributed by atoms with van der Waals surface area (Å²) in [6, 6.07) is 2.93. The zero-order chi connectivity index (χ0) is 14.9. The van der Waals surface area contributed by atoms with Crippen molar-refractivity contribution < 1.29 is 9.18 Å². The fourth-order valence-corrected chi connectivity index (χ4v) is 3.01. The standard InChI is InChI=1S/C15H22FN3O/c1-9-4-3-5-10(6-9)19(2)14-7-11(15(18)20)13(17)8-12(14)16/h7-10H,3-6,17H2,1-2H3,(H2,18,20). The zero-order valence-corrected chi connectivity index (χ0v) is 12.0. The van der Waals surface area contributed by atoms with Gasteiger partial charge in [0.1, 0.15) is 5.82 Å². The number of hydrogen-bond acceptors (Lipinski definition) is 3. The molecular formula is C15H22FN3O. The van der Waals surface area contributed by atoms with Gasteiger partial charge >= 0.3 is 0 Å². The van der Waals surface area contributed by atoms with Crippen LogP contribution >= 0.6 is 0 Å². The van der Waals surface area contributed by atoms with Crippen molar-refractivity contribution in [2.45, 2.75) is 38.6 Å². The molecule has 0 heterocycles. The number of primary amides is 1. The highest BCUT2D eigenvalue weighted by Gasteiger charge is 2.25. The van der Waals surface area contributed by atoms with E-state index in [9.17, 15) is 9.18 Å². The van der Waals surface area contributed by atoms with Gasteiger partial charge in [-0.25, -0.2) is 4.39 Å². The van der Waals surface area contributed by atoms with E-state index in [1.54, 1.807) is 0 Å². The molecule has 4 N–H and O–H groups in total. The average Bonchev–Trinajstić information content (AvgIpc) is 2.37. The number of nitrogens with two attached hydrogens (primary N) is 2. The predicted octanol–water partition coefficient (Wildman–Crippen LogP) is 2.52. The lowest BCUT2D eigenvalue weighted by molar-refractivity contribution is 0.100. The van der Waals surface area contributed by atoms with Gasteiger partial charge in [0.05, 0.1) is 11.3 Å². The van der Waals surface area contributed by atoms with Crippen LogP contribution in [0.3, 0.4) is 0 Å². The molecule has 0 spiro atoms. The molecule has 1 aliphatic carbocycles. The average molecular weight is 279 g/mol. The fraction of sp³-hybridized carbons (Fsp3) is 0.533. The SMILES string of the molecule is CC1CCCC(N(C)c2cc(C(N)=O)c(N)cc2F)C1. The Morgan fingerprint density at radius 2 is 2.10 bits per heavy atom. The van der Waals surface area contributed by atoms with Crippen LogP contribution in [-0.2, 0) is 0 Å². The maximum atomic E-state index is 14.1.